The van der Waals surface area contributed by atoms with Gasteiger partial charge in [0.15, 0.2) is 0 Å². The monoisotopic (exact) mass is 330 g/mol. The molecule has 0 nitrogen and oxygen atoms in total. The van der Waals surface area contributed by atoms with Gasteiger partial charge in [0.2, 0.25) is 0 Å². The molecule has 0 spiro atoms. The minimum absolute atomic E-state index is 0.199. The fourth-order valence-electron chi connectivity index (χ4n) is 5.29. The molecule has 2 saturated carbocycles. The van der Waals surface area contributed by atoms with E-state index < -0.39 is 0 Å². The fraction of sp³-hybridized carbons (Fsp3) is 0.739. The van der Waals surface area contributed by atoms with Crippen molar-refractivity contribution < 1.29 is 4.39 Å². The van der Waals surface area contributed by atoms with Crippen molar-refractivity contribution >= 4 is 0 Å². The molecule has 24 heavy (non-hydrogen) atoms. The predicted octanol–water partition coefficient (Wildman–Crippen LogP) is 7.25. The van der Waals surface area contributed by atoms with E-state index in [4.69, 9.17) is 0 Å². The summed E-state index contributed by atoms with van der Waals surface area (Å²) in [6, 6.07) is 4.80. The van der Waals surface area contributed by atoms with Crippen molar-refractivity contribution in [2.24, 2.45) is 0 Å². The molecule has 0 aliphatic heterocycles. The summed E-state index contributed by atoms with van der Waals surface area (Å²) in [7, 11) is 0. The van der Waals surface area contributed by atoms with Gasteiger partial charge in [-0.15, -0.1) is 0 Å². The number of hydrogen-bond donors (Lipinski definition) is 0. The van der Waals surface area contributed by atoms with Crippen molar-refractivity contribution in [1.29, 1.82) is 0 Å². The highest BCUT2D eigenvalue weighted by Gasteiger charge is 2.26. The molecule has 2 fully saturated rings. The maximum absolute atomic E-state index is 13.5. The van der Waals surface area contributed by atoms with Crippen molar-refractivity contribution in [3.05, 3.63) is 34.4 Å². The fourth-order valence-corrected chi connectivity index (χ4v) is 5.29. The molecular formula is C23H35F. The van der Waals surface area contributed by atoms with E-state index in [1.807, 2.05) is 0 Å². The molecule has 0 bridgehead atoms. The van der Waals surface area contributed by atoms with Crippen molar-refractivity contribution in [2.45, 2.75) is 102 Å². The number of rotatable bonds is 6. The summed E-state index contributed by atoms with van der Waals surface area (Å²) in [4.78, 5) is 0. The van der Waals surface area contributed by atoms with Gasteiger partial charge in [-0.05, 0) is 66.2 Å². The molecule has 0 amide bonds. The van der Waals surface area contributed by atoms with E-state index in [2.05, 4.69) is 19.1 Å². The largest absolute Gasteiger partial charge is 0.251 e. The van der Waals surface area contributed by atoms with Crippen molar-refractivity contribution in [3.63, 3.8) is 0 Å². The van der Waals surface area contributed by atoms with Crippen molar-refractivity contribution in [2.75, 3.05) is 6.67 Å². The van der Waals surface area contributed by atoms with Gasteiger partial charge in [-0.25, -0.2) is 0 Å². The molecule has 2 aliphatic rings. The molecule has 0 atom stereocenters. The van der Waals surface area contributed by atoms with E-state index in [0.29, 0.717) is 18.3 Å². The maximum atomic E-state index is 13.5. The normalized spacial score (nSPS) is 20.4. The third kappa shape index (κ3) is 4.03. The van der Waals surface area contributed by atoms with Crippen LogP contribution in [0.1, 0.15) is 112 Å². The highest BCUT2D eigenvalue weighted by atomic mass is 19.1. The molecule has 3 rings (SSSR count). The predicted molar refractivity (Wildman–Crippen MR) is 102 cm³/mol. The van der Waals surface area contributed by atoms with Crippen LogP contribution in [0.4, 0.5) is 4.39 Å². The summed E-state index contributed by atoms with van der Waals surface area (Å²) in [6.07, 6.45) is 16.5. The van der Waals surface area contributed by atoms with Gasteiger partial charge in [0, 0.05) is 6.42 Å². The van der Waals surface area contributed by atoms with Crippen LogP contribution in [0.25, 0.3) is 0 Å². The molecule has 1 aromatic rings. The first-order chi connectivity index (χ1) is 11.8. The lowest BCUT2D eigenvalue weighted by molar-refractivity contribution is 0.424. The molecule has 0 heterocycles. The lowest BCUT2D eigenvalue weighted by atomic mass is 9.74. The van der Waals surface area contributed by atoms with Gasteiger partial charge in [-0.1, -0.05) is 64.0 Å². The van der Waals surface area contributed by atoms with E-state index in [0.717, 1.165) is 6.42 Å². The zero-order valence-corrected chi connectivity index (χ0v) is 15.6. The third-order valence-electron chi connectivity index (χ3n) is 6.41. The average Bonchev–Trinajstić information content (AvgIpc) is 2.64. The van der Waals surface area contributed by atoms with Crippen molar-refractivity contribution in [1.82, 2.24) is 0 Å². The van der Waals surface area contributed by atoms with E-state index in [1.165, 1.54) is 87.3 Å². The SMILES string of the molecule is CCCc1ccc(C2CCCCC2)c(CCF)c1C1CCCCC1. The molecule has 0 N–H and O–H groups in total. The summed E-state index contributed by atoms with van der Waals surface area (Å²) >= 11 is 0. The number of hydrogen-bond acceptors (Lipinski definition) is 0. The third-order valence-corrected chi connectivity index (χ3v) is 6.41. The maximum Gasteiger partial charge on any atom is 0.0934 e. The van der Waals surface area contributed by atoms with Crippen LogP contribution in [0.15, 0.2) is 12.1 Å². The summed E-state index contributed by atoms with van der Waals surface area (Å²) in [6.45, 7) is 2.07. The molecule has 0 unspecified atom stereocenters. The van der Waals surface area contributed by atoms with E-state index in [-0.39, 0.29) is 6.67 Å². The highest BCUT2D eigenvalue weighted by molar-refractivity contribution is 5.46. The number of alkyl halides is 1. The molecule has 2 aliphatic carbocycles. The van der Waals surface area contributed by atoms with Crippen LogP contribution in [0.5, 0.6) is 0 Å². The van der Waals surface area contributed by atoms with E-state index in [1.54, 1.807) is 5.56 Å². The van der Waals surface area contributed by atoms with Gasteiger partial charge in [-0.2, -0.15) is 0 Å². The molecule has 1 aromatic carbocycles. The molecular weight excluding hydrogens is 295 g/mol. The first-order valence-electron chi connectivity index (χ1n) is 10.6. The topological polar surface area (TPSA) is 0 Å². The zero-order valence-electron chi connectivity index (χ0n) is 15.6. The van der Waals surface area contributed by atoms with Crippen LogP contribution in [0.2, 0.25) is 0 Å². The average molecular weight is 331 g/mol. The second-order valence-corrected chi connectivity index (χ2v) is 8.06. The lowest BCUT2D eigenvalue weighted by Gasteiger charge is -2.31. The van der Waals surface area contributed by atoms with E-state index >= 15 is 0 Å². The van der Waals surface area contributed by atoms with Crippen LogP contribution in [-0.4, -0.2) is 6.67 Å². The van der Waals surface area contributed by atoms with Crippen LogP contribution in [0.3, 0.4) is 0 Å². The standard InChI is InChI=1S/C23H35F/c1-2-9-19-14-15-21(18-10-5-3-6-11-18)22(16-17-24)23(19)20-12-7-4-8-13-20/h14-15,18,20H,2-13,16-17H2,1H3. The van der Waals surface area contributed by atoms with Crippen LogP contribution in [0, 0.1) is 0 Å². The van der Waals surface area contributed by atoms with Gasteiger partial charge in [0.25, 0.3) is 0 Å². The molecule has 134 valence electrons. The first-order valence-corrected chi connectivity index (χ1v) is 10.6. The second kappa shape index (κ2) is 9.02. The Balaban J connectivity index is 2.02. The Morgan fingerprint density at radius 1 is 0.833 bits per heavy atom. The molecule has 1 heteroatoms. The minimum atomic E-state index is -0.199. The first kappa shape index (κ1) is 18.0. The Bertz CT molecular complexity index is 507. The van der Waals surface area contributed by atoms with Gasteiger partial charge in [-0.3, -0.25) is 4.39 Å². The van der Waals surface area contributed by atoms with Gasteiger partial charge in [0.1, 0.15) is 0 Å². The Hall–Kier alpha value is -0.850. The highest BCUT2D eigenvalue weighted by Crippen LogP contribution is 2.42. The second-order valence-electron chi connectivity index (χ2n) is 8.06. The summed E-state index contributed by atoms with van der Waals surface area (Å²) in [5, 5.41) is 0. The minimum Gasteiger partial charge on any atom is -0.251 e. The van der Waals surface area contributed by atoms with Crippen LogP contribution >= 0.6 is 0 Å². The van der Waals surface area contributed by atoms with Gasteiger partial charge >= 0.3 is 0 Å². The van der Waals surface area contributed by atoms with E-state index in [9.17, 15) is 4.39 Å². The zero-order chi connectivity index (χ0) is 16.8. The summed E-state index contributed by atoms with van der Waals surface area (Å²) in [5.74, 6) is 1.39. The van der Waals surface area contributed by atoms with Gasteiger partial charge < -0.3 is 0 Å². The quantitative estimate of drug-likeness (QED) is 0.515. The van der Waals surface area contributed by atoms with Crippen LogP contribution in [-0.2, 0) is 12.8 Å². The van der Waals surface area contributed by atoms with Crippen molar-refractivity contribution in [3.8, 4) is 0 Å². The summed E-state index contributed by atoms with van der Waals surface area (Å²) in [5.41, 5.74) is 6.08. The smallest absolute Gasteiger partial charge is 0.0934 e. The lowest BCUT2D eigenvalue weighted by Crippen LogP contribution is -2.16. The molecule has 0 saturated heterocycles. The Labute approximate surface area is 148 Å². The Kier molecular flexibility index (Phi) is 6.75. The molecule has 0 aromatic heterocycles. The Morgan fingerprint density at radius 3 is 2.04 bits per heavy atom. The Morgan fingerprint density at radius 2 is 1.46 bits per heavy atom. The number of aryl methyl sites for hydroxylation is 1. The summed E-state index contributed by atoms with van der Waals surface area (Å²) < 4.78 is 13.5. The van der Waals surface area contributed by atoms with Crippen LogP contribution < -0.4 is 0 Å². The number of halogens is 1. The molecule has 0 radical (unpaired) electrons. The number of benzene rings is 1. The van der Waals surface area contributed by atoms with Gasteiger partial charge in [0.05, 0.1) is 6.67 Å².